The van der Waals surface area contributed by atoms with E-state index in [-0.39, 0.29) is 16.3 Å². The van der Waals surface area contributed by atoms with E-state index in [4.69, 9.17) is 11.6 Å². The van der Waals surface area contributed by atoms with Crippen LogP contribution < -0.4 is 5.56 Å². The topological polar surface area (TPSA) is 88.6 Å². The first-order valence-electron chi connectivity index (χ1n) is 5.24. The van der Waals surface area contributed by atoms with Gasteiger partial charge in [0.2, 0.25) is 0 Å². The van der Waals surface area contributed by atoms with E-state index in [0.29, 0.717) is 28.0 Å². The van der Waals surface area contributed by atoms with Gasteiger partial charge in [-0.25, -0.2) is 15.0 Å². The third kappa shape index (κ3) is 3.18. The average Bonchev–Trinajstić information content (AvgIpc) is 2.26. The summed E-state index contributed by atoms with van der Waals surface area (Å²) >= 11 is 6.94. The Labute approximate surface area is 117 Å². The van der Waals surface area contributed by atoms with Gasteiger partial charge in [0.05, 0.1) is 5.56 Å². The molecule has 0 saturated heterocycles. The van der Waals surface area contributed by atoms with Crippen LogP contribution in [-0.4, -0.2) is 26.2 Å². The van der Waals surface area contributed by atoms with Crippen molar-refractivity contribution in [2.75, 3.05) is 0 Å². The lowest BCUT2D eigenvalue weighted by molar-refractivity contribution is 0.112. The molecule has 2 rings (SSSR count). The van der Waals surface area contributed by atoms with Crippen LogP contribution in [-0.2, 0) is 0 Å². The molecule has 0 spiro atoms. The maximum Gasteiger partial charge on any atom is 0.251 e. The number of aldehydes is 1. The number of rotatable bonds is 3. The third-order valence-electron chi connectivity index (χ3n) is 2.14. The molecule has 0 bridgehead atoms. The van der Waals surface area contributed by atoms with Crippen LogP contribution in [0.1, 0.15) is 21.9 Å². The predicted molar refractivity (Wildman–Crippen MR) is 70.9 cm³/mol. The molecule has 2 aromatic rings. The summed E-state index contributed by atoms with van der Waals surface area (Å²) < 4.78 is 0. The first-order chi connectivity index (χ1) is 8.99. The summed E-state index contributed by atoms with van der Waals surface area (Å²) in [6, 6.07) is 1.38. The highest BCUT2D eigenvalue weighted by atomic mass is 35.5. The Morgan fingerprint density at radius 2 is 2.05 bits per heavy atom. The number of hydrogen-bond acceptors (Lipinski definition) is 6. The van der Waals surface area contributed by atoms with Crippen LogP contribution >= 0.6 is 23.4 Å². The lowest BCUT2D eigenvalue weighted by Crippen LogP contribution is -2.08. The number of hydrogen-bond donors (Lipinski definition) is 1. The minimum absolute atomic E-state index is 0.0833. The minimum atomic E-state index is -0.264. The van der Waals surface area contributed by atoms with Crippen molar-refractivity contribution in [3.63, 3.8) is 0 Å². The summed E-state index contributed by atoms with van der Waals surface area (Å²) in [5, 5.41) is 0.795. The SMILES string of the molecule is Cc1cc(=O)[nH]c(Sc2nc(C)nc(Cl)c2C=O)n1. The van der Waals surface area contributed by atoms with Gasteiger partial charge in [0.1, 0.15) is 16.0 Å². The number of aromatic amines is 1. The van der Waals surface area contributed by atoms with Crippen LogP contribution in [0.25, 0.3) is 0 Å². The van der Waals surface area contributed by atoms with Gasteiger partial charge in [-0.1, -0.05) is 11.6 Å². The van der Waals surface area contributed by atoms with Crippen LogP contribution in [0.4, 0.5) is 0 Å². The smallest absolute Gasteiger partial charge is 0.251 e. The first kappa shape index (κ1) is 13.7. The zero-order chi connectivity index (χ0) is 14.0. The molecule has 0 aliphatic carbocycles. The van der Waals surface area contributed by atoms with Gasteiger partial charge in [0.15, 0.2) is 11.4 Å². The van der Waals surface area contributed by atoms with Crippen molar-refractivity contribution in [2.45, 2.75) is 24.0 Å². The van der Waals surface area contributed by atoms with Crippen molar-refractivity contribution in [2.24, 2.45) is 0 Å². The number of aryl methyl sites for hydroxylation is 2. The Morgan fingerprint density at radius 3 is 2.68 bits per heavy atom. The zero-order valence-corrected chi connectivity index (χ0v) is 11.7. The highest BCUT2D eigenvalue weighted by Crippen LogP contribution is 2.28. The normalized spacial score (nSPS) is 10.5. The van der Waals surface area contributed by atoms with Crippen LogP contribution in [0.3, 0.4) is 0 Å². The molecule has 0 atom stereocenters. The molecule has 0 unspecified atom stereocenters. The molecule has 1 N–H and O–H groups in total. The molecule has 0 saturated carbocycles. The highest BCUT2D eigenvalue weighted by molar-refractivity contribution is 7.99. The van der Waals surface area contributed by atoms with E-state index in [1.54, 1.807) is 13.8 Å². The monoisotopic (exact) mass is 296 g/mol. The predicted octanol–water partition coefficient (Wildman–Crippen LogP) is 1.79. The molecule has 0 aliphatic heterocycles. The van der Waals surface area contributed by atoms with Gasteiger partial charge in [0, 0.05) is 11.8 Å². The number of aromatic nitrogens is 4. The molecule has 8 heteroatoms. The highest BCUT2D eigenvalue weighted by Gasteiger charge is 2.13. The fourth-order valence-corrected chi connectivity index (χ4v) is 2.66. The van der Waals surface area contributed by atoms with E-state index in [1.165, 1.54) is 6.07 Å². The molecule has 98 valence electrons. The first-order valence-corrected chi connectivity index (χ1v) is 6.44. The second-order valence-electron chi connectivity index (χ2n) is 3.69. The van der Waals surface area contributed by atoms with Gasteiger partial charge in [-0.2, -0.15) is 0 Å². The Morgan fingerprint density at radius 1 is 1.32 bits per heavy atom. The number of H-pyrrole nitrogens is 1. The fourth-order valence-electron chi connectivity index (χ4n) is 1.39. The lowest BCUT2D eigenvalue weighted by atomic mass is 10.4. The molecule has 2 heterocycles. The van der Waals surface area contributed by atoms with Crippen molar-refractivity contribution < 1.29 is 4.79 Å². The fraction of sp³-hybridized carbons (Fsp3) is 0.182. The summed E-state index contributed by atoms with van der Waals surface area (Å²) in [7, 11) is 0. The molecule has 0 aromatic carbocycles. The molecule has 0 radical (unpaired) electrons. The van der Waals surface area contributed by atoms with Crippen molar-refractivity contribution >= 4 is 29.6 Å². The standard InChI is InChI=1S/C11H9ClN4O2S/c1-5-3-8(18)16-11(13-5)19-10-7(4-17)9(12)14-6(2)15-10/h3-4H,1-2H3,(H,13,16,18). The third-order valence-corrected chi connectivity index (χ3v) is 3.31. The number of carbonyl (C=O) groups excluding carboxylic acids is 1. The molecular formula is C11H9ClN4O2S. The molecule has 2 aromatic heterocycles. The molecule has 0 fully saturated rings. The number of halogens is 1. The minimum Gasteiger partial charge on any atom is -0.301 e. The van der Waals surface area contributed by atoms with Gasteiger partial charge in [-0.3, -0.25) is 9.59 Å². The van der Waals surface area contributed by atoms with Gasteiger partial charge in [-0.15, -0.1) is 0 Å². The number of carbonyl (C=O) groups is 1. The van der Waals surface area contributed by atoms with Crippen molar-refractivity contribution in [3.05, 3.63) is 38.7 Å². The summed E-state index contributed by atoms with van der Waals surface area (Å²) in [6.45, 7) is 3.37. The lowest BCUT2D eigenvalue weighted by Gasteiger charge is -2.05. The molecule has 0 aliphatic rings. The van der Waals surface area contributed by atoms with E-state index in [9.17, 15) is 9.59 Å². The zero-order valence-electron chi connectivity index (χ0n) is 10.1. The van der Waals surface area contributed by atoms with Gasteiger partial charge in [0.25, 0.3) is 5.56 Å². The van der Waals surface area contributed by atoms with E-state index < -0.39 is 0 Å². The second-order valence-corrected chi connectivity index (χ2v) is 5.03. The van der Waals surface area contributed by atoms with Crippen molar-refractivity contribution in [1.82, 2.24) is 19.9 Å². The maximum atomic E-state index is 11.4. The Kier molecular flexibility index (Phi) is 3.96. The van der Waals surface area contributed by atoms with E-state index in [1.807, 2.05) is 0 Å². The Bertz CT molecular complexity index is 702. The van der Waals surface area contributed by atoms with Crippen molar-refractivity contribution in [1.29, 1.82) is 0 Å². The quantitative estimate of drug-likeness (QED) is 0.528. The van der Waals surface area contributed by atoms with Gasteiger partial charge < -0.3 is 4.98 Å². The van der Waals surface area contributed by atoms with E-state index in [0.717, 1.165) is 11.8 Å². The molecule has 19 heavy (non-hydrogen) atoms. The van der Waals surface area contributed by atoms with E-state index in [2.05, 4.69) is 19.9 Å². The Balaban J connectivity index is 2.48. The molecular weight excluding hydrogens is 288 g/mol. The summed E-state index contributed by atoms with van der Waals surface area (Å²) in [5.74, 6) is 0.438. The summed E-state index contributed by atoms with van der Waals surface area (Å²) in [4.78, 5) is 37.1. The van der Waals surface area contributed by atoms with Crippen molar-refractivity contribution in [3.8, 4) is 0 Å². The van der Waals surface area contributed by atoms with E-state index >= 15 is 0 Å². The largest absolute Gasteiger partial charge is 0.301 e. The average molecular weight is 297 g/mol. The second kappa shape index (κ2) is 5.50. The number of nitrogens with zero attached hydrogens (tertiary/aromatic N) is 3. The maximum absolute atomic E-state index is 11.4. The Hall–Kier alpha value is -1.73. The van der Waals surface area contributed by atoms with Crippen LogP contribution in [0.15, 0.2) is 21.0 Å². The molecule has 6 nitrogen and oxygen atoms in total. The molecule has 0 amide bonds. The van der Waals surface area contributed by atoms with Crippen LogP contribution in [0, 0.1) is 13.8 Å². The van der Waals surface area contributed by atoms with Crippen LogP contribution in [0.2, 0.25) is 5.15 Å². The summed E-state index contributed by atoms with van der Waals surface area (Å²) in [6.07, 6.45) is 0.581. The van der Waals surface area contributed by atoms with Gasteiger partial charge >= 0.3 is 0 Å². The summed E-state index contributed by atoms with van der Waals surface area (Å²) in [5.41, 5.74) is 0.497. The van der Waals surface area contributed by atoms with Crippen LogP contribution in [0.5, 0.6) is 0 Å². The number of nitrogens with one attached hydrogen (secondary N) is 1. The van der Waals surface area contributed by atoms with Gasteiger partial charge in [-0.05, 0) is 25.6 Å².